The highest BCUT2D eigenvalue weighted by atomic mass is 16.5. The molecule has 2 aromatic heterocycles. The summed E-state index contributed by atoms with van der Waals surface area (Å²) in [4.78, 5) is 2.11. The largest absolute Gasteiger partial charge is 0.468 e. The summed E-state index contributed by atoms with van der Waals surface area (Å²) in [5.74, 6) is 2.20. The molecule has 2 heterocycles. The molecule has 33 heavy (non-hydrogen) atoms. The molecule has 172 valence electrons. The summed E-state index contributed by atoms with van der Waals surface area (Å²) in [6.07, 6.45) is 1.02. The van der Waals surface area contributed by atoms with Crippen molar-refractivity contribution < 1.29 is 19.0 Å². The predicted molar refractivity (Wildman–Crippen MR) is 126 cm³/mol. The first-order chi connectivity index (χ1) is 16.1. The van der Waals surface area contributed by atoms with E-state index < -0.39 is 6.10 Å². The molecule has 0 fully saturated rings. The second-order valence-corrected chi connectivity index (χ2v) is 7.89. The quantitative estimate of drug-likeness (QED) is 0.363. The molecule has 0 bridgehead atoms. The van der Waals surface area contributed by atoms with Gasteiger partial charge in [0.15, 0.2) is 0 Å². The van der Waals surface area contributed by atoms with Gasteiger partial charge in [-0.05, 0) is 43.3 Å². The first-order valence-corrected chi connectivity index (χ1v) is 10.9. The van der Waals surface area contributed by atoms with Crippen molar-refractivity contribution in [3.05, 3.63) is 96.1 Å². The first kappa shape index (κ1) is 22.8. The number of nitrogens with zero attached hydrogens (tertiary/aromatic N) is 3. The fourth-order valence-electron chi connectivity index (χ4n) is 3.74. The minimum absolute atomic E-state index is 0.254. The van der Waals surface area contributed by atoms with Crippen molar-refractivity contribution in [1.82, 2.24) is 14.7 Å². The molecule has 2 aromatic carbocycles. The van der Waals surface area contributed by atoms with Gasteiger partial charge < -0.3 is 19.0 Å². The van der Waals surface area contributed by atoms with Crippen LogP contribution in [0.25, 0.3) is 5.69 Å². The standard InChI is InChI=1S/C26H29N3O4/c1-20-25(18-28(16-22(30)19-31-2)17-24-14-9-15-32-24)26(33-23-12-7-4-8-13-23)29(27-20)21-10-5-3-6-11-21/h3-15,22,30H,16-19H2,1-2H3. The number of hydrogen-bond donors (Lipinski definition) is 1. The number of aliphatic hydroxyl groups is 1. The summed E-state index contributed by atoms with van der Waals surface area (Å²) in [7, 11) is 1.58. The lowest BCUT2D eigenvalue weighted by Crippen LogP contribution is -2.34. The highest BCUT2D eigenvalue weighted by molar-refractivity contribution is 5.43. The maximum Gasteiger partial charge on any atom is 0.227 e. The van der Waals surface area contributed by atoms with E-state index in [1.807, 2.05) is 84.4 Å². The van der Waals surface area contributed by atoms with Gasteiger partial charge in [-0.25, -0.2) is 4.68 Å². The van der Waals surface area contributed by atoms with E-state index in [1.54, 1.807) is 13.4 Å². The van der Waals surface area contributed by atoms with Crippen LogP contribution in [0.5, 0.6) is 11.6 Å². The molecule has 0 aliphatic heterocycles. The number of aromatic nitrogens is 2. The maximum absolute atomic E-state index is 10.4. The van der Waals surface area contributed by atoms with Crippen LogP contribution in [-0.4, -0.2) is 46.2 Å². The highest BCUT2D eigenvalue weighted by Crippen LogP contribution is 2.32. The number of rotatable bonds is 11. The molecule has 4 rings (SSSR count). The number of hydrogen-bond acceptors (Lipinski definition) is 6. The average molecular weight is 448 g/mol. The van der Waals surface area contributed by atoms with Crippen LogP contribution in [0, 0.1) is 6.92 Å². The Bertz CT molecular complexity index is 1110. The Hall–Kier alpha value is -3.39. The molecule has 1 N–H and O–H groups in total. The van der Waals surface area contributed by atoms with Crippen molar-refractivity contribution in [2.45, 2.75) is 26.1 Å². The van der Waals surface area contributed by atoms with Crippen molar-refractivity contribution >= 4 is 0 Å². The van der Waals surface area contributed by atoms with Gasteiger partial charge in [0.25, 0.3) is 0 Å². The minimum atomic E-state index is -0.632. The second-order valence-electron chi connectivity index (χ2n) is 7.89. The Morgan fingerprint density at radius 1 is 1.00 bits per heavy atom. The molecule has 0 radical (unpaired) electrons. The van der Waals surface area contributed by atoms with Crippen LogP contribution >= 0.6 is 0 Å². The molecule has 0 spiro atoms. The van der Waals surface area contributed by atoms with E-state index in [1.165, 1.54) is 0 Å². The van der Waals surface area contributed by atoms with Crippen molar-refractivity contribution in [3.8, 4) is 17.3 Å². The number of aryl methyl sites for hydroxylation is 1. The summed E-state index contributed by atoms with van der Waals surface area (Å²) in [5.41, 5.74) is 2.71. The third kappa shape index (κ3) is 5.90. The Morgan fingerprint density at radius 3 is 2.39 bits per heavy atom. The summed E-state index contributed by atoms with van der Waals surface area (Å²) >= 11 is 0. The fourth-order valence-corrected chi connectivity index (χ4v) is 3.74. The first-order valence-electron chi connectivity index (χ1n) is 10.9. The van der Waals surface area contributed by atoms with Crippen LogP contribution in [0.3, 0.4) is 0 Å². The van der Waals surface area contributed by atoms with E-state index in [0.717, 1.165) is 28.5 Å². The lowest BCUT2D eigenvalue weighted by atomic mass is 10.2. The normalized spacial score (nSPS) is 12.2. The molecule has 7 heteroatoms. The van der Waals surface area contributed by atoms with Crippen molar-refractivity contribution in [2.24, 2.45) is 0 Å². The zero-order valence-electron chi connectivity index (χ0n) is 18.9. The monoisotopic (exact) mass is 447 g/mol. The predicted octanol–water partition coefficient (Wildman–Crippen LogP) is 4.58. The molecule has 0 aliphatic carbocycles. The average Bonchev–Trinajstić information content (AvgIpc) is 3.44. The fraction of sp³-hybridized carbons (Fsp3) is 0.269. The van der Waals surface area contributed by atoms with E-state index in [9.17, 15) is 5.11 Å². The molecule has 7 nitrogen and oxygen atoms in total. The number of para-hydroxylation sites is 2. The lowest BCUT2D eigenvalue weighted by Gasteiger charge is -2.24. The molecule has 1 unspecified atom stereocenters. The van der Waals surface area contributed by atoms with E-state index in [0.29, 0.717) is 25.5 Å². The van der Waals surface area contributed by atoms with E-state index >= 15 is 0 Å². The second kappa shape index (κ2) is 11.0. The van der Waals surface area contributed by atoms with Gasteiger partial charge in [0.1, 0.15) is 11.5 Å². The minimum Gasteiger partial charge on any atom is -0.468 e. The molecule has 0 aliphatic rings. The van der Waals surface area contributed by atoms with Gasteiger partial charge in [-0.1, -0.05) is 36.4 Å². The van der Waals surface area contributed by atoms with Crippen LogP contribution in [0.2, 0.25) is 0 Å². The van der Waals surface area contributed by atoms with Crippen molar-refractivity contribution in [3.63, 3.8) is 0 Å². The number of benzene rings is 2. The van der Waals surface area contributed by atoms with Gasteiger partial charge in [-0.3, -0.25) is 4.90 Å². The highest BCUT2D eigenvalue weighted by Gasteiger charge is 2.23. The van der Waals surface area contributed by atoms with E-state index in [-0.39, 0.29) is 6.61 Å². The zero-order valence-corrected chi connectivity index (χ0v) is 18.9. The topological polar surface area (TPSA) is 72.9 Å². The van der Waals surface area contributed by atoms with Gasteiger partial charge >= 0.3 is 0 Å². The maximum atomic E-state index is 10.4. The van der Waals surface area contributed by atoms with Crippen LogP contribution in [-0.2, 0) is 17.8 Å². The van der Waals surface area contributed by atoms with Gasteiger partial charge in [-0.15, -0.1) is 0 Å². The summed E-state index contributed by atoms with van der Waals surface area (Å²) < 4.78 is 18.9. The molecule has 0 amide bonds. The third-order valence-electron chi connectivity index (χ3n) is 5.27. The van der Waals surface area contributed by atoms with E-state index in [2.05, 4.69) is 4.90 Å². The Labute approximate surface area is 193 Å². The molecule has 0 saturated carbocycles. The van der Waals surface area contributed by atoms with Crippen LogP contribution in [0.15, 0.2) is 83.5 Å². The van der Waals surface area contributed by atoms with Gasteiger partial charge in [-0.2, -0.15) is 5.10 Å². The van der Waals surface area contributed by atoms with Gasteiger partial charge in [0.2, 0.25) is 5.88 Å². The SMILES string of the molecule is COCC(O)CN(Cc1ccco1)Cc1c(C)nn(-c2ccccc2)c1Oc1ccccc1. The Kier molecular flexibility index (Phi) is 7.57. The lowest BCUT2D eigenvalue weighted by molar-refractivity contribution is 0.0321. The van der Waals surface area contributed by atoms with Crippen molar-refractivity contribution in [1.29, 1.82) is 0 Å². The molecular weight excluding hydrogens is 418 g/mol. The number of aliphatic hydroxyl groups excluding tert-OH is 1. The van der Waals surface area contributed by atoms with Gasteiger partial charge in [0.05, 0.1) is 42.5 Å². The summed E-state index contributed by atoms with van der Waals surface area (Å²) in [5, 5.41) is 15.2. The molecule has 0 saturated heterocycles. The summed E-state index contributed by atoms with van der Waals surface area (Å²) in [6.45, 7) is 3.69. The smallest absolute Gasteiger partial charge is 0.227 e. The van der Waals surface area contributed by atoms with Crippen LogP contribution < -0.4 is 4.74 Å². The Balaban J connectivity index is 1.70. The third-order valence-corrected chi connectivity index (χ3v) is 5.27. The van der Waals surface area contributed by atoms with E-state index in [4.69, 9.17) is 19.0 Å². The van der Waals surface area contributed by atoms with Gasteiger partial charge in [0, 0.05) is 20.2 Å². The van der Waals surface area contributed by atoms with Crippen LogP contribution in [0.1, 0.15) is 17.0 Å². The zero-order chi connectivity index (χ0) is 23.0. The van der Waals surface area contributed by atoms with Crippen LogP contribution in [0.4, 0.5) is 0 Å². The summed E-state index contributed by atoms with van der Waals surface area (Å²) in [6, 6.07) is 23.4. The molecule has 1 atom stereocenters. The number of ether oxygens (including phenoxy) is 2. The number of methoxy groups -OCH3 is 1. The molecular formula is C26H29N3O4. The Morgan fingerprint density at radius 2 is 1.73 bits per heavy atom. The molecule has 4 aromatic rings. The van der Waals surface area contributed by atoms with Crippen molar-refractivity contribution in [2.75, 3.05) is 20.3 Å². The number of furan rings is 1.